The summed E-state index contributed by atoms with van der Waals surface area (Å²) in [5, 5.41) is 14.6. The fraction of sp³-hybridized carbons (Fsp3) is 0.111. The number of anilines is 4. The molecule has 3 rings (SSSR count). The fourth-order valence-electron chi connectivity index (χ4n) is 2.20. The van der Waals surface area contributed by atoms with Crippen molar-refractivity contribution >= 4 is 40.7 Å². The van der Waals surface area contributed by atoms with E-state index in [1.165, 1.54) is 6.20 Å². The molecule has 0 radical (unpaired) electrons. The van der Waals surface area contributed by atoms with Gasteiger partial charge >= 0.3 is 5.97 Å². The zero-order valence-corrected chi connectivity index (χ0v) is 14.7. The van der Waals surface area contributed by atoms with Gasteiger partial charge < -0.3 is 15.4 Å². The van der Waals surface area contributed by atoms with Gasteiger partial charge in [-0.3, -0.25) is 0 Å². The van der Waals surface area contributed by atoms with Crippen LogP contribution in [0.4, 0.5) is 23.1 Å². The first-order chi connectivity index (χ1) is 12.7. The van der Waals surface area contributed by atoms with Gasteiger partial charge in [-0.25, -0.2) is 4.79 Å². The summed E-state index contributed by atoms with van der Waals surface area (Å²) in [7, 11) is 0. The van der Waals surface area contributed by atoms with Gasteiger partial charge in [0.1, 0.15) is 0 Å². The molecule has 132 valence electrons. The molecule has 8 heteroatoms. The molecule has 0 saturated carbocycles. The molecule has 0 unspecified atom stereocenters. The quantitative estimate of drug-likeness (QED) is 0.629. The van der Waals surface area contributed by atoms with E-state index in [0.29, 0.717) is 34.6 Å². The summed E-state index contributed by atoms with van der Waals surface area (Å²) in [6.07, 6.45) is 1.47. The van der Waals surface area contributed by atoms with Crippen molar-refractivity contribution in [1.29, 1.82) is 0 Å². The molecule has 1 aromatic heterocycles. The Labute approximate surface area is 155 Å². The normalized spacial score (nSPS) is 10.2. The smallest absolute Gasteiger partial charge is 0.340 e. The number of benzene rings is 2. The van der Waals surface area contributed by atoms with E-state index < -0.39 is 5.97 Å². The minimum absolute atomic E-state index is 0.303. The molecule has 0 atom stereocenters. The molecule has 26 heavy (non-hydrogen) atoms. The van der Waals surface area contributed by atoms with Crippen LogP contribution < -0.4 is 10.6 Å². The van der Waals surface area contributed by atoms with E-state index in [4.69, 9.17) is 16.3 Å². The van der Waals surface area contributed by atoms with Crippen molar-refractivity contribution in [1.82, 2.24) is 15.2 Å². The van der Waals surface area contributed by atoms with Crippen molar-refractivity contribution in [2.45, 2.75) is 6.92 Å². The molecule has 2 N–H and O–H groups in total. The number of rotatable bonds is 6. The summed E-state index contributed by atoms with van der Waals surface area (Å²) in [5.41, 5.74) is 1.77. The third kappa shape index (κ3) is 4.46. The number of carbonyl (C=O) groups is 1. The van der Waals surface area contributed by atoms with Gasteiger partial charge in [0, 0.05) is 10.7 Å². The maximum absolute atomic E-state index is 12.1. The fourth-order valence-corrected chi connectivity index (χ4v) is 2.32. The minimum atomic E-state index is -0.405. The summed E-state index contributed by atoms with van der Waals surface area (Å²) in [6.45, 7) is 2.06. The zero-order valence-electron chi connectivity index (χ0n) is 13.9. The van der Waals surface area contributed by atoms with Crippen LogP contribution >= 0.6 is 11.6 Å². The molecule has 0 spiro atoms. The molecule has 1 heterocycles. The second-order valence-electron chi connectivity index (χ2n) is 5.19. The van der Waals surface area contributed by atoms with Crippen LogP contribution in [0.15, 0.2) is 54.7 Å². The van der Waals surface area contributed by atoms with Crippen LogP contribution in [0.1, 0.15) is 17.3 Å². The highest BCUT2D eigenvalue weighted by Gasteiger charge is 2.12. The second kappa shape index (κ2) is 8.26. The molecule has 7 nitrogen and oxygen atoms in total. The van der Waals surface area contributed by atoms with Gasteiger partial charge in [-0.2, -0.15) is 10.1 Å². The number of hydrogen-bond acceptors (Lipinski definition) is 7. The Morgan fingerprint density at radius 3 is 2.65 bits per heavy atom. The summed E-state index contributed by atoms with van der Waals surface area (Å²) in [4.78, 5) is 16.4. The molecule has 0 aliphatic heterocycles. The molecule has 3 aromatic rings. The number of ether oxygens (including phenoxy) is 1. The lowest BCUT2D eigenvalue weighted by atomic mass is 10.2. The maximum Gasteiger partial charge on any atom is 0.340 e. The number of para-hydroxylation sites is 1. The topological polar surface area (TPSA) is 89.0 Å². The van der Waals surface area contributed by atoms with Crippen molar-refractivity contribution in [3.8, 4) is 0 Å². The van der Waals surface area contributed by atoms with Crippen molar-refractivity contribution in [3.63, 3.8) is 0 Å². The summed E-state index contributed by atoms with van der Waals surface area (Å²) < 4.78 is 5.07. The zero-order chi connectivity index (χ0) is 18.4. The Bertz CT molecular complexity index is 902. The molecule has 0 aliphatic carbocycles. The predicted molar refractivity (Wildman–Crippen MR) is 100 cm³/mol. The van der Waals surface area contributed by atoms with Crippen LogP contribution in [0.3, 0.4) is 0 Å². The van der Waals surface area contributed by atoms with E-state index in [9.17, 15) is 4.79 Å². The van der Waals surface area contributed by atoms with Crippen molar-refractivity contribution in [3.05, 3.63) is 65.3 Å². The number of aromatic nitrogens is 3. The van der Waals surface area contributed by atoms with E-state index >= 15 is 0 Å². The first-order valence-corrected chi connectivity index (χ1v) is 8.29. The average molecular weight is 370 g/mol. The van der Waals surface area contributed by atoms with E-state index in [-0.39, 0.29) is 0 Å². The third-order valence-corrected chi connectivity index (χ3v) is 3.60. The number of hydrogen-bond donors (Lipinski definition) is 2. The molecule has 2 aromatic carbocycles. The molecule has 0 amide bonds. The molecule has 0 fully saturated rings. The minimum Gasteiger partial charge on any atom is -0.462 e. The van der Waals surface area contributed by atoms with Gasteiger partial charge in [0.15, 0.2) is 5.82 Å². The number of nitrogens with zero attached hydrogens (tertiary/aromatic N) is 3. The van der Waals surface area contributed by atoms with Gasteiger partial charge in [-0.05, 0) is 43.3 Å². The Kier molecular flexibility index (Phi) is 5.60. The summed E-state index contributed by atoms with van der Waals surface area (Å²) >= 11 is 5.87. The maximum atomic E-state index is 12.1. The Morgan fingerprint density at radius 1 is 1.12 bits per heavy atom. The summed E-state index contributed by atoms with van der Waals surface area (Å²) in [6, 6.07) is 14.2. The van der Waals surface area contributed by atoms with Crippen molar-refractivity contribution < 1.29 is 9.53 Å². The standard InChI is InChI=1S/C18H16ClN5O2/c1-2-26-17(25)14-5-3-4-6-15(14)22-16-11-20-24-18(23-16)21-13-9-7-12(19)8-10-13/h3-11H,2H2,1H3,(H2,21,22,23,24). The largest absolute Gasteiger partial charge is 0.462 e. The molecule has 0 aliphatic rings. The van der Waals surface area contributed by atoms with Gasteiger partial charge in [0.25, 0.3) is 0 Å². The number of esters is 1. The number of carbonyl (C=O) groups excluding carboxylic acids is 1. The molecule has 0 saturated heterocycles. The van der Waals surface area contributed by atoms with Gasteiger partial charge in [-0.1, -0.05) is 23.7 Å². The highest BCUT2D eigenvalue weighted by Crippen LogP contribution is 2.21. The first kappa shape index (κ1) is 17.6. The second-order valence-corrected chi connectivity index (χ2v) is 5.62. The summed E-state index contributed by atoms with van der Waals surface area (Å²) in [5.74, 6) is 0.344. The molecular formula is C18H16ClN5O2. The van der Waals surface area contributed by atoms with Gasteiger partial charge in [0.05, 0.1) is 24.1 Å². The van der Waals surface area contributed by atoms with Gasteiger partial charge in [0.2, 0.25) is 5.95 Å². The van der Waals surface area contributed by atoms with Crippen LogP contribution in [-0.2, 0) is 4.74 Å². The number of halogens is 1. The molecular weight excluding hydrogens is 354 g/mol. The van der Waals surface area contributed by atoms with Crippen LogP contribution in [-0.4, -0.2) is 27.8 Å². The predicted octanol–water partition coefficient (Wildman–Crippen LogP) is 4.19. The highest BCUT2D eigenvalue weighted by atomic mass is 35.5. The lowest BCUT2D eigenvalue weighted by Gasteiger charge is -2.11. The van der Waals surface area contributed by atoms with E-state index in [0.717, 1.165) is 5.69 Å². The van der Waals surface area contributed by atoms with E-state index in [1.807, 2.05) is 18.2 Å². The van der Waals surface area contributed by atoms with Crippen LogP contribution in [0.2, 0.25) is 5.02 Å². The SMILES string of the molecule is CCOC(=O)c1ccccc1Nc1cnnc(Nc2ccc(Cl)cc2)n1. The van der Waals surface area contributed by atoms with Crippen molar-refractivity contribution in [2.24, 2.45) is 0 Å². The third-order valence-electron chi connectivity index (χ3n) is 3.34. The lowest BCUT2D eigenvalue weighted by molar-refractivity contribution is 0.0527. The van der Waals surface area contributed by atoms with Crippen LogP contribution in [0, 0.1) is 0 Å². The molecule has 0 bridgehead atoms. The first-order valence-electron chi connectivity index (χ1n) is 7.91. The lowest BCUT2D eigenvalue weighted by Crippen LogP contribution is -2.09. The Morgan fingerprint density at radius 2 is 1.88 bits per heavy atom. The van der Waals surface area contributed by atoms with E-state index in [2.05, 4.69) is 25.8 Å². The van der Waals surface area contributed by atoms with Crippen LogP contribution in [0.5, 0.6) is 0 Å². The monoisotopic (exact) mass is 369 g/mol. The Balaban J connectivity index is 1.79. The van der Waals surface area contributed by atoms with Gasteiger partial charge in [-0.15, -0.1) is 5.10 Å². The average Bonchev–Trinajstić information content (AvgIpc) is 2.65. The van der Waals surface area contributed by atoms with E-state index in [1.54, 1.807) is 37.3 Å². The highest BCUT2D eigenvalue weighted by molar-refractivity contribution is 6.30. The van der Waals surface area contributed by atoms with Crippen molar-refractivity contribution in [2.75, 3.05) is 17.2 Å². The number of nitrogens with one attached hydrogen (secondary N) is 2. The van der Waals surface area contributed by atoms with Crippen LogP contribution in [0.25, 0.3) is 0 Å². The Hall–Kier alpha value is -3.19.